The number of ether oxygens (including phenoxy) is 2. The van der Waals surface area contributed by atoms with Crippen molar-refractivity contribution in [3.05, 3.63) is 0 Å². The number of unbranched alkanes of at least 4 members (excludes halogenated alkanes) is 6. The molecule has 0 spiro atoms. The third-order valence-electron chi connectivity index (χ3n) is 3.32. The Morgan fingerprint density at radius 2 is 1.71 bits per heavy atom. The second-order valence-electron chi connectivity index (χ2n) is 5.00. The smallest absolute Gasteiger partial charge is 0.0517 e. The highest BCUT2D eigenvalue weighted by molar-refractivity contribution is 7.80. The van der Waals surface area contributed by atoms with Crippen LogP contribution in [0.1, 0.15) is 51.4 Å². The third-order valence-corrected chi connectivity index (χ3v) is 3.64. The Kier molecular flexibility index (Phi) is 10.2. The molecular formula is C14H28O2S. The Balaban J connectivity index is 1.69. The van der Waals surface area contributed by atoms with Crippen molar-refractivity contribution in [1.29, 1.82) is 0 Å². The van der Waals surface area contributed by atoms with Gasteiger partial charge in [0.25, 0.3) is 0 Å². The molecule has 2 nitrogen and oxygen atoms in total. The first kappa shape index (κ1) is 15.3. The molecule has 1 aliphatic rings. The van der Waals surface area contributed by atoms with Gasteiger partial charge in [0.15, 0.2) is 0 Å². The fourth-order valence-corrected chi connectivity index (χ4v) is 2.39. The summed E-state index contributed by atoms with van der Waals surface area (Å²) in [5.41, 5.74) is 0. The summed E-state index contributed by atoms with van der Waals surface area (Å²) in [5, 5.41) is 0. The van der Waals surface area contributed by atoms with Gasteiger partial charge in [-0.25, -0.2) is 0 Å². The van der Waals surface area contributed by atoms with E-state index in [-0.39, 0.29) is 0 Å². The molecule has 1 aliphatic heterocycles. The maximum absolute atomic E-state index is 5.67. The standard InChI is InChI=1S/C14H28O2S/c17-11-7-5-3-1-2-4-6-9-15-12-14-8-10-16-13-14/h14,17H,1-13H2. The van der Waals surface area contributed by atoms with Crippen molar-refractivity contribution in [3.63, 3.8) is 0 Å². The Morgan fingerprint density at radius 3 is 2.35 bits per heavy atom. The Bertz CT molecular complexity index is 158. The van der Waals surface area contributed by atoms with Crippen molar-refractivity contribution in [1.82, 2.24) is 0 Å². The second kappa shape index (κ2) is 11.4. The van der Waals surface area contributed by atoms with E-state index < -0.39 is 0 Å². The summed E-state index contributed by atoms with van der Waals surface area (Å²) in [6.45, 7) is 3.68. The Hall–Kier alpha value is 0.270. The lowest BCUT2D eigenvalue weighted by Gasteiger charge is -2.08. The van der Waals surface area contributed by atoms with Crippen LogP contribution in [0, 0.1) is 5.92 Å². The SMILES string of the molecule is SCCCCCCCCCOCC1CCOC1. The van der Waals surface area contributed by atoms with Gasteiger partial charge in [0.1, 0.15) is 0 Å². The molecule has 0 saturated carbocycles. The van der Waals surface area contributed by atoms with Crippen molar-refractivity contribution in [3.8, 4) is 0 Å². The van der Waals surface area contributed by atoms with Crippen LogP contribution in [0.25, 0.3) is 0 Å². The average molecular weight is 260 g/mol. The maximum Gasteiger partial charge on any atom is 0.0517 e. The summed E-state index contributed by atoms with van der Waals surface area (Å²) in [6.07, 6.45) is 10.5. The van der Waals surface area contributed by atoms with Gasteiger partial charge in [-0.05, 0) is 25.0 Å². The molecule has 1 heterocycles. The molecule has 1 atom stereocenters. The van der Waals surface area contributed by atoms with Crippen LogP contribution in [0.4, 0.5) is 0 Å². The van der Waals surface area contributed by atoms with Crippen LogP contribution in [0.3, 0.4) is 0 Å². The van der Waals surface area contributed by atoms with E-state index in [1.807, 2.05) is 0 Å². The summed E-state index contributed by atoms with van der Waals surface area (Å²) in [4.78, 5) is 0. The molecule has 0 aliphatic carbocycles. The van der Waals surface area contributed by atoms with Gasteiger partial charge in [0.2, 0.25) is 0 Å². The monoisotopic (exact) mass is 260 g/mol. The van der Waals surface area contributed by atoms with Crippen LogP contribution in [0.15, 0.2) is 0 Å². The molecule has 0 bridgehead atoms. The number of rotatable bonds is 11. The number of thiol groups is 1. The molecule has 102 valence electrons. The van der Waals surface area contributed by atoms with Gasteiger partial charge >= 0.3 is 0 Å². The Labute approximate surface area is 112 Å². The van der Waals surface area contributed by atoms with E-state index in [2.05, 4.69) is 12.6 Å². The van der Waals surface area contributed by atoms with Crippen LogP contribution < -0.4 is 0 Å². The molecule has 0 aromatic heterocycles. The van der Waals surface area contributed by atoms with Crippen LogP contribution >= 0.6 is 12.6 Å². The zero-order chi connectivity index (χ0) is 12.2. The van der Waals surface area contributed by atoms with E-state index in [4.69, 9.17) is 9.47 Å². The van der Waals surface area contributed by atoms with E-state index in [1.165, 1.54) is 51.4 Å². The minimum atomic E-state index is 0.663. The van der Waals surface area contributed by atoms with Gasteiger partial charge in [-0.15, -0.1) is 0 Å². The van der Waals surface area contributed by atoms with Crippen LogP contribution in [-0.2, 0) is 9.47 Å². The van der Waals surface area contributed by atoms with Crippen molar-refractivity contribution < 1.29 is 9.47 Å². The first-order chi connectivity index (χ1) is 8.43. The first-order valence-corrected chi connectivity index (χ1v) is 7.83. The van der Waals surface area contributed by atoms with Crippen molar-refractivity contribution in [2.24, 2.45) is 5.92 Å². The summed E-state index contributed by atoms with van der Waals surface area (Å²) >= 11 is 4.21. The van der Waals surface area contributed by atoms with Crippen LogP contribution in [0.5, 0.6) is 0 Å². The molecule has 0 radical (unpaired) electrons. The highest BCUT2D eigenvalue weighted by Crippen LogP contribution is 2.13. The molecule has 1 rings (SSSR count). The zero-order valence-electron chi connectivity index (χ0n) is 11.0. The molecule has 1 fully saturated rings. The lowest BCUT2D eigenvalue weighted by Crippen LogP contribution is -2.09. The molecule has 17 heavy (non-hydrogen) atoms. The topological polar surface area (TPSA) is 18.5 Å². The van der Waals surface area contributed by atoms with E-state index in [0.29, 0.717) is 5.92 Å². The molecular weight excluding hydrogens is 232 g/mol. The van der Waals surface area contributed by atoms with E-state index in [0.717, 1.165) is 32.2 Å². The predicted molar refractivity (Wildman–Crippen MR) is 75.9 cm³/mol. The minimum absolute atomic E-state index is 0.663. The molecule has 1 saturated heterocycles. The van der Waals surface area contributed by atoms with Crippen molar-refractivity contribution >= 4 is 12.6 Å². The summed E-state index contributed by atoms with van der Waals surface area (Å²) in [7, 11) is 0. The van der Waals surface area contributed by atoms with Gasteiger partial charge in [-0.1, -0.05) is 32.1 Å². The number of hydrogen-bond acceptors (Lipinski definition) is 3. The second-order valence-corrected chi connectivity index (χ2v) is 5.45. The van der Waals surface area contributed by atoms with Gasteiger partial charge in [-0.2, -0.15) is 12.6 Å². The molecule has 0 amide bonds. The summed E-state index contributed by atoms with van der Waals surface area (Å²) in [5.74, 6) is 1.70. The molecule has 3 heteroatoms. The van der Waals surface area contributed by atoms with Gasteiger partial charge in [0, 0.05) is 19.1 Å². The fourth-order valence-electron chi connectivity index (χ4n) is 2.16. The first-order valence-electron chi connectivity index (χ1n) is 7.20. The zero-order valence-corrected chi connectivity index (χ0v) is 11.9. The van der Waals surface area contributed by atoms with Crippen LogP contribution in [0.2, 0.25) is 0 Å². The summed E-state index contributed by atoms with van der Waals surface area (Å²) in [6, 6.07) is 0. The Morgan fingerprint density at radius 1 is 1.00 bits per heavy atom. The van der Waals surface area contributed by atoms with E-state index in [1.54, 1.807) is 0 Å². The van der Waals surface area contributed by atoms with Crippen LogP contribution in [-0.4, -0.2) is 32.2 Å². The molecule has 0 aromatic carbocycles. The third kappa shape index (κ3) is 8.92. The molecule has 0 N–H and O–H groups in total. The lowest BCUT2D eigenvalue weighted by molar-refractivity contribution is 0.0871. The predicted octanol–water partition coefficient (Wildman–Crippen LogP) is 3.70. The van der Waals surface area contributed by atoms with Crippen molar-refractivity contribution in [2.75, 3.05) is 32.2 Å². The fraction of sp³-hybridized carbons (Fsp3) is 1.00. The summed E-state index contributed by atoms with van der Waals surface area (Å²) < 4.78 is 11.0. The highest BCUT2D eigenvalue weighted by atomic mass is 32.1. The maximum atomic E-state index is 5.67. The van der Waals surface area contributed by atoms with Gasteiger partial charge in [0.05, 0.1) is 13.2 Å². The highest BCUT2D eigenvalue weighted by Gasteiger charge is 2.14. The normalized spacial score (nSPS) is 19.9. The lowest BCUT2D eigenvalue weighted by atomic mass is 10.1. The van der Waals surface area contributed by atoms with Gasteiger partial charge < -0.3 is 9.47 Å². The molecule has 1 unspecified atom stereocenters. The van der Waals surface area contributed by atoms with E-state index in [9.17, 15) is 0 Å². The van der Waals surface area contributed by atoms with E-state index >= 15 is 0 Å². The van der Waals surface area contributed by atoms with Gasteiger partial charge in [-0.3, -0.25) is 0 Å². The minimum Gasteiger partial charge on any atom is -0.381 e. The number of hydrogen-bond donors (Lipinski definition) is 1. The molecule has 0 aromatic rings. The van der Waals surface area contributed by atoms with Crippen molar-refractivity contribution in [2.45, 2.75) is 51.4 Å². The average Bonchev–Trinajstić information content (AvgIpc) is 2.85. The quantitative estimate of drug-likeness (QED) is 0.451. The largest absolute Gasteiger partial charge is 0.381 e.